The molecule has 1 amide bonds. The molecule has 2 aliphatic rings. The molecular weight excluding hydrogens is 291 g/mol. The number of benzene rings is 1. The van der Waals surface area contributed by atoms with Crippen molar-refractivity contribution < 1.29 is 9.18 Å². The highest BCUT2D eigenvalue weighted by atomic mass is 19.1. The number of hydrogen-bond acceptors (Lipinski definition) is 2. The van der Waals surface area contributed by atoms with Crippen molar-refractivity contribution in [3.05, 3.63) is 35.6 Å². The summed E-state index contributed by atoms with van der Waals surface area (Å²) in [5.74, 6) is 1.01. The van der Waals surface area contributed by atoms with Crippen LogP contribution >= 0.6 is 0 Å². The second-order valence-corrected chi connectivity index (χ2v) is 7.17. The average Bonchev–Trinajstić information content (AvgIpc) is 2.57. The molecule has 0 saturated carbocycles. The zero-order chi connectivity index (χ0) is 16.2. The van der Waals surface area contributed by atoms with Crippen molar-refractivity contribution in [1.82, 2.24) is 9.80 Å². The number of likely N-dealkylation sites (tertiary alicyclic amines) is 2. The fourth-order valence-corrected chi connectivity index (χ4v) is 3.85. The standard InChI is InChI=1S/C19H27FN2O/c1-15-5-4-10-22(13-15)19(23)16-8-11-21(12-9-16)14-17-6-2-3-7-18(17)20/h2-3,6-7,15-16H,4-5,8-14H2,1H3/t15-/m0/s1. The Labute approximate surface area is 138 Å². The molecule has 23 heavy (non-hydrogen) atoms. The summed E-state index contributed by atoms with van der Waals surface area (Å²) in [6.45, 7) is 6.50. The zero-order valence-electron chi connectivity index (χ0n) is 14.0. The van der Waals surface area contributed by atoms with Gasteiger partial charge in [0.25, 0.3) is 0 Å². The maximum Gasteiger partial charge on any atom is 0.225 e. The van der Waals surface area contributed by atoms with E-state index in [1.807, 2.05) is 12.1 Å². The van der Waals surface area contributed by atoms with Crippen LogP contribution in [-0.2, 0) is 11.3 Å². The molecule has 2 fully saturated rings. The molecule has 0 spiro atoms. The van der Waals surface area contributed by atoms with Gasteiger partial charge < -0.3 is 4.90 Å². The number of piperidine rings is 2. The molecule has 0 unspecified atom stereocenters. The first-order valence-corrected chi connectivity index (χ1v) is 8.88. The fraction of sp³-hybridized carbons (Fsp3) is 0.632. The quantitative estimate of drug-likeness (QED) is 0.854. The van der Waals surface area contributed by atoms with Gasteiger partial charge in [0.1, 0.15) is 5.82 Å². The Morgan fingerprint density at radius 2 is 1.91 bits per heavy atom. The van der Waals surface area contributed by atoms with Gasteiger partial charge in [-0.05, 0) is 50.8 Å². The van der Waals surface area contributed by atoms with E-state index in [-0.39, 0.29) is 11.7 Å². The number of rotatable bonds is 3. The average molecular weight is 318 g/mol. The molecule has 0 aromatic heterocycles. The second kappa shape index (κ2) is 7.43. The summed E-state index contributed by atoms with van der Waals surface area (Å²) in [6, 6.07) is 6.97. The van der Waals surface area contributed by atoms with Crippen LogP contribution in [0, 0.1) is 17.7 Å². The molecule has 126 valence electrons. The Hall–Kier alpha value is -1.42. The first-order chi connectivity index (χ1) is 11.1. The van der Waals surface area contributed by atoms with Crippen molar-refractivity contribution in [2.24, 2.45) is 11.8 Å². The summed E-state index contributed by atoms with van der Waals surface area (Å²) in [6.07, 6.45) is 4.18. The molecule has 3 rings (SSSR count). The van der Waals surface area contributed by atoms with Gasteiger partial charge in [-0.3, -0.25) is 9.69 Å². The third kappa shape index (κ3) is 4.11. The lowest BCUT2D eigenvalue weighted by molar-refractivity contribution is -0.138. The number of hydrogen-bond donors (Lipinski definition) is 0. The predicted molar refractivity (Wildman–Crippen MR) is 89.4 cm³/mol. The number of nitrogens with zero attached hydrogens (tertiary/aromatic N) is 2. The van der Waals surface area contributed by atoms with Gasteiger partial charge in [-0.15, -0.1) is 0 Å². The van der Waals surface area contributed by atoms with Crippen molar-refractivity contribution in [3.8, 4) is 0 Å². The summed E-state index contributed by atoms with van der Waals surface area (Å²) in [5.41, 5.74) is 0.752. The largest absolute Gasteiger partial charge is 0.342 e. The highest BCUT2D eigenvalue weighted by molar-refractivity contribution is 5.79. The van der Waals surface area contributed by atoms with Gasteiger partial charge in [0.05, 0.1) is 0 Å². The summed E-state index contributed by atoms with van der Waals surface area (Å²) < 4.78 is 13.7. The van der Waals surface area contributed by atoms with E-state index in [9.17, 15) is 9.18 Å². The third-order valence-electron chi connectivity index (χ3n) is 5.26. The minimum atomic E-state index is -0.131. The van der Waals surface area contributed by atoms with Gasteiger partial charge in [-0.2, -0.15) is 0 Å². The molecule has 2 saturated heterocycles. The minimum Gasteiger partial charge on any atom is -0.342 e. The van der Waals surface area contributed by atoms with Gasteiger partial charge >= 0.3 is 0 Å². The van der Waals surface area contributed by atoms with Crippen LogP contribution in [0.1, 0.15) is 38.2 Å². The molecule has 0 bridgehead atoms. The van der Waals surface area contributed by atoms with Crippen LogP contribution in [0.3, 0.4) is 0 Å². The Balaban J connectivity index is 1.50. The summed E-state index contributed by atoms with van der Waals surface area (Å²) in [5, 5.41) is 0. The van der Waals surface area contributed by atoms with Crippen LogP contribution in [0.15, 0.2) is 24.3 Å². The van der Waals surface area contributed by atoms with Crippen molar-refractivity contribution in [1.29, 1.82) is 0 Å². The third-order valence-corrected chi connectivity index (χ3v) is 5.26. The first kappa shape index (κ1) is 16.4. The Kier molecular flexibility index (Phi) is 5.31. The maximum absolute atomic E-state index is 13.7. The monoisotopic (exact) mass is 318 g/mol. The molecule has 0 radical (unpaired) electrons. The van der Waals surface area contributed by atoms with Crippen LogP contribution in [-0.4, -0.2) is 41.9 Å². The van der Waals surface area contributed by atoms with E-state index in [1.165, 1.54) is 12.5 Å². The van der Waals surface area contributed by atoms with E-state index in [4.69, 9.17) is 0 Å². The summed E-state index contributed by atoms with van der Waals surface area (Å²) >= 11 is 0. The van der Waals surface area contributed by atoms with Crippen LogP contribution < -0.4 is 0 Å². The maximum atomic E-state index is 13.7. The van der Waals surface area contributed by atoms with Gasteiger partial charge in [0.2, 0.25) is 5.91 Å². The van der Waals surface area contributed by atoms with Crippen LogP contribution in [0.5, 0.6) is 0 Å². The molecule has 0 aliphatic carbocycles. The topological polar surface area (TPSA) is 23.6 Å². The van der Waals surface area contributed by atoms with Crippen molar-refractivity contribution in [2.75, 3.05) is 26.2 Å². The highest BCUT2D eigenvalue weighted by Crippen LogP contribution is 2.24. The van der Waals surface area contributed by atoms with Crippen LogP contribution in [0.4, 0.5) is 4.39 Å². The molecule has 4 heteroatoms. The molecule has 1 atom stereocenters. The van der Waals surface area contributed by atoms with Crippen molar-refractivity contribution in [2.45, 2.75) is 39.2 Å². The van der Waals surface area contributed by atoms with E-state index in [0.717, 1.165) is 51.0 Å². The first-order valence-electron chi connectivity index (χ1n) is 8.88. The van der Waals surface area contributed by atoms with Crippen molar-refractivity contribution >= 4 is 5.91 Å². The SMILES string of the molecule is C[C@H]1CCCN(C(=O)C2CCN(Cc3ccccc3F)CC2)C1. The zero-order valence-corrected chi connectivity index (χ0v) is 14.0. The fourth-order valence-electron chi connectivity index (χ4n) is 3.85. The van der Waals surface area contributed by atoms with E-state index in [2.05, 4.69) is 16.7 Å². The molecule has 0 N–H and O–H groups in total. The van der Waals surface area contributed by atoms with Gasteiger partial charge in [-0.25, -0.2) is 4.39 Å². The number of carbonyl (C=O) groups excluding carboxylic acids is 1. The van der Waals surface area contributed by atoms with E-state index in [1.54, 1.807) is 6.07 Å². The summed E-state index contributed by atoms with van der Waals surface area (Å²) in [7, 11) is 0. The molecule has 2 heterocycles. The smallest absolute Gasteiger partial charge is 0.225 e. The van der Waals surface area contributed by atoms with E-state index in [0.29, 0.717) is 18.4 Å². The van der Waals surface area contributed by atoms with Gasteiger partial charge in [-0.1, -0.05) is 25.1 Å². The lowest BCUT2D eigenvalue weighted by Gasteiger charge is -2.37. The molecule has 1 aromatic carbocycles. The second-order valence-electron chi connectivity index (χ2n) is 7.17. The normalized spacial score (nSPS) is 23.9. The lowest BCUT2D eigenvalue weighted by Crippen LogP contribution is -2.45. The van der Waals surface area contributed by atoms with Crippen molar-refractivity contribution in [3.63, 3.8) is 0 Å². The molecule has 2 aliphatic heterocycles. The van der Waals surface area contributed by atoms with Crippen LogP contribution in [0.25, 0.3) is 0 Å². The van der Waals surface area contributed by atoms with Gasteiger partial charge in [0, 0.05) is 31.1 Å². The summed E-state index contributed by atoms with van der Waals surface area (Å²) in [4.78, 5) is 17.0. The predicted octanol–water partition coefficient (Wildman–Crippen LogP) is 3.30. The minimum absolute atomic E-state index is 0.131. The highest BCUT2D eigenvalue weighted by Gasteiger charge is 2.30. The van der Waals surface area contributed by atoms with E-state index < -0.39 is 0 Å². The number of carbonyl (C=O) groups is 1. The molecule has 3 nitrogen and oxygen atoms in total. The lowest BCUT2D eigenvalue weighted by atomic mass is 9.92. The van der Waals surface area contributed by atoms with E-state index >= 15 is 0 Å². The Morgan fingerprint density at radius 3 is 2.61 bits per heavy atom. The number of halogens is 1. The Morgan fingerprint density at radius 1 is 1.17 bits per heavy atom. The number of amides is 1. The van der Waals surface area contributed by atoms with Gasteiger partial charge in [0.15, 0.2) is 0 Å². The molecule has 1 aromatic rings. The van der Waals surface area contributed by atoms with Crippen LogP contribution in [0.2, 0.25) is 0 Å². The molecular formula is C19H27FN2O. The Bertz CT molecular complexity index is 540.